The number of thioether (sulfide) groups is 1. The van der Waals surface area contributed by atoms with Crippen LogP contribution in [0.3, 0.4) is 0 Å². The molecule has 26 heavy (non-hydrogen) atoms. The van der Waals surface area contributed by atoms with Gasteiger partial charge in [0.1, 0.15) is 5.69 Å². The third kappa shape index (κ3) is 3.47. The van der Waals surface area contributed by atoms with E-state index in [1.54, 1.807) is 18.3 Å². The summed E-state index contributed by atoms with van der Waals surface area (Å²) in [5, 5.41) is 13.8. The van der Waals surface area contributed by atoms with E-state index in [2.05, 4.69) is 25.3 Å². The van der Waals surface area contributed by atoms with Crippen LogP contribution in [0.15, 0.2) is 58.3 Å². The number of aromatic nitrogens is 6. The summed E-state index contributed by atoms with van der Waals surface area (Å²) in [4.78, 5) is 8.71. The average molecular weight is 385 g/mol. The molecule has 7 nitrogen and oxygen atoms in total. The van der Waals surface area contributed by atoms with Gasteiger partial charge in [-0.2, -0.15) is 4.98 Å². The molecule has 0 fully saturated rings. The van der Waals surface area contributed by atoms with E-state index in [4.69, 9.17) is 16.1 Å². The van der Waals surface area contributed by atoms with Crippen LogP contribution in [0.1, 0.15) is 5.82 Å². The van der Waals surface area contributed by atoms with Gasteiger partial charge >= 0.3 is 0 Å². The van der Waals surface area contributed by atoms with Crippen LogP contribution in [-0.2, 0) is 12.8 Å². The summed E-state index contributed by atoms with van der Waals surface area (Å²) in [6.45, 7) is 0. The fourth-order valence-corrected chi connectivity index (χ4v) is 3.28. The molecule has 0 aliphatic carbocycles. The van der Waals surface area contributed by atoms with Crippen LogP contribution < -0.4 is 0 Å². The van der Waals surface area contributed by atoms with Gasteiger partial charge in [0.15, 0.2) is 16.8 Å². The summed E-state index contributed by atoms with van der Waals surface area (Å²) >= 11 is 7.47. The van der Waals surface area contributed by atoms with E-state index in [1.807, 2.05) is 41.9 Å². The normalized spacial score (nSPS) is 11.0. The van der Waals surface area contributed by atoms with E-state index in [1.165, 1.54) is 11.8 Å². The van der Waals surface area contributed by atoms with Crippen molar-refractivity contribution in [2.75, 3.05) is 0 Å². The van der Waals surface area contributed by atoms with Crippen molar-refractivity contribution >= 4 is 23.4 Å². The molecule has 0 N–H and O–H groups in total. The lowest BCUT2D eigenvalue weighted by atomic mass is 10.2. The van der Waals surface area contributed by atoms with Crippen LogP contribution in [0.2, 0.25) is 5.02 Å². The van der Waals surface area contributed by atoms with E-state index >= 15 is 0 Å². The zero-order valence-corrected chi connectivity index (χ0v) is 15.3. The predicted molar refractivity (Wildman–Crippen MR) is 98.5 cm³/mol. The Hall–Kier alpha value is -2.71. The molecule has 0 unspecified atom stereocenters. The molecule has 0 saturated carbocycles. The first-order valence-electron chi connectivity index (χ1n) is 7.73. The van der Waals surface area contributed by atoms with Gasteiger partial charge in [0.05, 0.1) is 5.75 Å². The van der Waals surface area contributed by atoms with Crippen molar-refractivity contribution in [2.24, 2.45) is 7.05 Å². The molecule has 0 aliphatic heterocycles. The molecule has 3 aromatic heterocycles. The second-order valence-corrected chi connectivity index (χ2v) is 6.77. The van der Waals surface area contributed by atoms with Crippen molar-refractivity contribution in [2.45, 2.75) is 10.9 Å². The summed E-state index contributed by atoms with van der Waals surface area (Å²) in [6, 6.07) is 13.0. The van der Waals surface area contributed by atoms with Gasteiger partial charge in [-0.3, -0.25) is 4.98 Å². The van der Waals surface area contributed by atoms with Crippen LogP contribution in [0.25, 0.3) is 23.0 Å². The maximum absolute atomic E-state index is 6.00. The highest BCUT2D eigenvalue weighted by Crippen LogP contribution is 2.25. The fourth-order valence-electron chi connectivity index (χ4n) is 2.34. The highest BCUT2D eigenvalue weighted by atomic mass is 35.5. The van der Waals surface area contributed by atoms with Gasteiger partial charge in [0, 0.05) is 23.8 Å². The minimum atomic E-state index is 0.440. The lowest BCUT2D eigenvalue weighted by Crippen LogP contribution is -1.96. The quantitative estimate of drug-likeness (QED) is 0.483. The van der Waals surface area contributed by atoms with Crippen LogP contribution in [0.5, 0.6) is 0 Å². The van der Waals surface area contributed by atoms with Crippen LogP contribution in [0.4, 0.5) is 0 Å². The van der Waals surface area contributed by atoms with Gasteiger partial charge in [-0.1, -0.05) is 40.7 Å². The maximum atomic E-state index is 6.00. The third-order valence-electron chi connectivity index (χ3n) is 3.60. The standard InChI is InChI=1S/C17H13ClN6OS/c1-24-15(13-7-2-3-8-19-13)21-22-17(24)26-10-14-20-16(25-23-14)11-5-4-6-12(18)9-11/h2-9H,10H2,1H3. The number of hydrogen-bond acceptors (Lipinski definition) is 7. The zero-order valence-electron chi connectivity index (χ0n) is 13.7. The summed E-state index contributed by atoms with van der Waals surface area (Å²) in [6.07, 6.45) is 1.73. The minimum Gasteiger partial charge on any atom is -0.334 e. The van der Waals surface area contributed by atoms with Crippen molar-refractivity contribution in [3.63, 3.8) is 0 Å². The third-order valence-corrected chi connectivity index (χ3v) is 4.85. The molecule has 0 spiro atoms. The molecule has 0 bridgehead atoms. The minimum absolute atomic E-state index is 0.440. The van der Waals surface area contributed by atoms with Crippen molar-refractivity contribution in [3.05, 3.63) is 59.5 Å². The number of hydrogen-bond donors (Lipinski definition) is 0. The molecule has 9 heteroatoms. The molecule has 0 radical (unpaired) electrons. The predicted octanol–water partition coefficient (Wildman–Crippen LogP) is 3.87. The zero-order chi connectivity index (χ0) is 17.9. The van der Waals surface area contributed by atoms with Crippen LogP contribution >= 0.6 is 23.4 Å². The van der Waals surface area contributed by atoms with Gasteiger partial charge in [-0.05, 0) is 30.3 Å². The lowest BCUT2D eigenvalue weighted by molar-refractivity contribution is 0.425. The average Bonchev–Trinajstić information content (AvgIpc) is 3.28. The summed E-state index contributed by atoms with van der Waals surface area (Å²) < 4.78 is 7.21. The first kappa shape index (κ1) is 16.7. The number of nitrogens with zero attached hydrogens (tertiary/aromatic N) is 6. The lowest BCUT2D eigenvalue weighted by Gasteiger charge is -2.01. The smallest absolute Gasteiger partial charge is 0.258 e. The SMILES string of the molecule is Cn1c(SCc2noc(-c3cccc(Cl)c3)n2)nnc1-c1ccccn1. The van der Waals surface area contributed by atoms with Crippen molar-refractivity contribution in [1.82, 2.24) is 29.9 Å². The highest BCUT2D eigenvalue weighted by Gasteiger charge is 2.14. The molecule has 0 atom stereocenters. The molecule has 0 aliphatic rings. The molecule has 3 heterocycles. The second kappa shape index (κ2) is 7.27. The van der Waals surface area contributed by atoms with E-state index in [0.29, 0.717) is 28.3 Å². The Bertz CT molecular complexity index is 1030. The molecular formula is C17H13ClN6OS. The van der Waals surface area contributed by atoms with Crippen molar-refractivity contribution in [3.8, 4) is 23.0 Å². The summed E-state index contributed by atoms with van der Waals surface area (Å²) in [5.74, 6) is 2.24. The monoisotopic (exact) mass is 384 g/mol. The first-order valence-corrected chi connectivity index (χ1v) is 9.09. The summed E-state index contributed by atoms with van der Waals surface area (Å²) in [5.41, 5.74) is 1.56. The Morgan fingerprint density at radius 2 is 2.08 bits per heavy atom. The van der Waals surface area contributed by atoms with E-state index in [-0.39, 0.29) is 0 Å². The van der Waals surface area contributed by atoms with E-state index in [9.17, 15) is 0 Å². The number of halogens is 1. The first-order chi connectivity index (χ1) is 12.7. The number of pyridine rings is 1. The Morgan fingerprint density at radius 1 is 1.15 bits per heavy atom. The van der Waals surface area contributed by atoms with E-state index in [0.717, 1.165) is 16.4 Å². The number of rotatable bonds is 5. The Labute approximate surface area is 158 Å². The molecule has 0 saturated heterocycles. The van der Waals surface area contributed by atoms with Crippen molar-refractivity contribution in [1.29, 1.82) is 0 Å². The largest absolute Gasteiger partial charge is 0.334 e. The fraction of sp³-hybridized carbons (Fsp3) is 0.118. The van der Waals surface area contributed by atoms with Gasteiger partial charge in [0.25, 0.3) is 5.89 Å². The molecular weight excluding hydrogens is 372 g/mol. The van der Waals surface area contributed by atoms with Gasteiger partial charge in [-0.15, -0.1) is 10.2 Å². The molecule has 130 valence electrons. The molecule has 1 aromatic carbocycles. The molecule has 4 rings (SSSR count). The van der Waals surface area contributed by atoms with Gasteiger partial charge in [-0.25, -0.2) is 0 Å². The Kier molecular flexibility index (Phi) is 4.68. The number of benzene rings is 1. The van der Waals surface area contributed by atoms with Crippen LogP contribution in [0, 0.1) is 0 Å². The van der Waals surface area contributed by atoms with Gasteiger partial charge in [0.2, 0.25) is 0 Å². The molecule has 0 amide bonds. The Morgan fingerprint density at radius 3 is 2.88 bits per heavy atom. The van der Waals surface area contributed by atoms with E-state index < -0.39 is 0 Å². The van der Waals surface area contributed by atoms with Gasteiger partial charge < -0.3 is 9.09 Å². The Balaban J connectivity index is 1.48. The summed E-state index contributed by atoms with van der Waals surface area (Å²) in [7, 11) is 1.90. The van der Waals surface area contributed by atoms with Crippen LogP contribution in [-0.4, -0.2) is 29.9 Å². The van der Waals surface area contributed by atoms with Crippen molar-refractivity contribution < 1.29 is 4.52 Å². The molecule has 4 aromatic rings. The topological polar surface area (TPSA) is 82.5 Å². The highest BCUT2D eigenvalue weighted by molar-refractivity contribution is 7.98. The second-order valence-electron chi connectivity index (χ2n) is 5.39. The maximum Gasteiger partial charge on any atom is 0.258 e.